The molecule has 9 nitrogen and oxygen atoms in total. The Labute approximate surface area is 173 Å². The quantitative estimate of drug-likeness (QED) is 0.514. The molecule has 1 fully saturated rings. The fourth-order valence-electron chi connectivity index (χ4n) is 3.24. The molecule has 4 rings (SSSR count). The van der Waals surface area contributed by atoms with Gasteiger partial charge in [-0.25, -0.2) is 9.37 Å². The molecular weight excluding hydrogens is 387 g/mol. The van der Waals surface area contributed by atoms with Gasteiger partial charge in [-0.2, -0.15) is 10.1 Å². The zero-order chi connectivity index (χ0) is 20.9. The van der Waals surface area contributed by atoms with E-state index in [1.54, 1.807) is 35.4 Å². The molecule has 0 aliphatic carbocycles. The van der Waals surface area contributed by atoms with Crippen LogP contribution in [0.5, 0.6) is 0 Å². The summed E-state index contributed by atoms with van der Waals surface area (Å²) in [5.74, 6) is 0.548. The molecule has 30 heavy (non-hydrogen) atoms. The normalized spacial score (nSPS) is 13.9. The molecule has 1 aliphatic heterocycles. The molecule has 3 aromatic rings. The largest absolute Gasteiger partial charge is 0.378 e. The third-order valence-electron chi connectivity index (χ3n) is 4.79. The van der Waals surface area contributed by atoms with Crippen LogP contribution in [-0.2, 0) is 18.3 Å². The Morgan fingerprint density at radius 3 is 2.83 bits per heavy atom. The smallest absolute Gasteiger partial charge is 0.229 e. The topological polar surface area (TPSA) is 104 Å². The molecule has 0 saturated carbocycles. The summed E-state index contributed by atoms with van der Waals surface area (Å²) in [5.41, 5.74) is 2.36. The van der Waals surface area contributed by atoms with E-state index in [-0.39, 0.29) is 12.4 Å². The first-order valence-electron chi connectivity index (χ1n) is 9.61. The van der Waals surface area contributed by atoms with Crippen LogP contribution in [0.4, 0.5) is 27.5 Å². The molecule has 0 bridgehead atoms. The first-order valence-corrected chi connectivity index (χ1v) is 9.61. The van der Waals surface area contributed by atoms with E-state index >= 15 is 4.39 Å². The highest BCUT2D eigenvalue weighted by molar-refractivity contribution is 5.84. The molecular formula is C20H23FN8O. The number of hydrogen-bond acceptors (Lipinski definition) is 8. The van der Waals surface area contributed by atoms with Crippen molar-refractivity contribution in [3.63, 3.8) is 0 Å². The Balaban J connectivity index is 1.51. The number of nitrogens with zero attached hydrogens (tertiary/aromatic N) is 5. The van der Waals surface area contributed by atoms with Crippen molar-refractivity contribution in [2.24, 2.45) is 7.05 Å². The molecule has 156 valence electrons. The Morgan fingerprint density at radius 2 is 2.10 bits per heavy atom. The maximum absolute atomic E-state index is 15.1. The predicted octanol–water partition coefficient (Wildman–Crippen LogP) is 2.54. The Hall–Kier alpha value is -3.53. The van der Waals surface area contributed by atoms with Crippen LogP contribution in [0.3, 0.4) is 0 Å². The minimum Gasteiger partial charge on any atom is -0.378 e. The van der Waals surface area contributed by atoms with Crippen molar-refractivity contribution in [3.8, 4) is 0 Å². The number of anilines is 4. The first-order chi connectivity index (χ1) is 14.6. The number of benzene rings is 1. The number of aryl methyl sites for hydroxylation is 1. The van der Waals surface area contributed by atoms with Crippen LogP contribution in [0.1, 0.15) is 11.1 Å². The van der Waals surface area contributed by atoms with Crippen LogP contribution in [0.25, 0.3) is 0 Å². The van der Waals surface area contributed by atoms with Gasteiger partial charge in [-0.1, -0.05) is 12.1 Å². The zero-order valence-corrected chi connectivity index (χ0v) is 16.6. The van der Waals surface area contributed by atoms with Gasteiger partial charge in [-0.05, 0) is 6.07 Å². The molecule has 1 aromatic carbocycles. The summed E-state index contributed by atoms with van der Waals surface area (Å²) in [7, 11) is 1.82. The summed E-state index contributed by atoms with van der Waals surface area (Å²) in [6.45, 7) is 2.76. The van der Waals surface area contributed by atoms with E-state index in [1.807, 2.05) is 18.0 Å². The molecule has 3 N–H and O–H groups in total. The van der Waals surface area contributed by atoms with Crippen molar-refractivity contribution >= 4 is 29.4 Å². The van der Waals surface area contributed by atoms with E-state index in [9.17, 15) is 0 Å². The monoisotopic (exact) mass is 410 g/mol. The fourth-order valence-corrected chi connectivity index (χ4v) is 3.24. The highest BCUT2D eigenvalue weighted by Gasteiger charge is 2.17. The second-order valence-corrected chi connectivity index (χ2v) is 6.87. The highest BCUT2D eigenvalue weighted by Crippen LogP contribution is 2.24. The van der Waals surface area contributed by atoms with Gasteiger partial charge in [0.15, 0.2) is 5.82 Å². The van der Waals surface area contributed by atoms with Crippen LogP contribution in [-0.4, -0.2) is 52.3 Å². The number of rotatable bonds is 7. The molecule has 1 saturated heterocycles. The lowest BCUT2D eigenvalue weighted by molar-refractivity contribution is 0.122. The van der Waals surface area contributed by atoms with Crippen molar-refractivity contribution < 1.29 is 9.13 Å². The van der Waals surface area contributed by atoms with Gasteiger partial charge in [0.2, 0.25) is 5.95 Å². The van der Waals surface area contributed by atoms with Crippen LogP contribution < -0.4 is 15.5 Å². The number of halogens is 1. The summed E-state index contributed by atoms with van der Waals surface area (Å²) < 4.78 is 22.1. The maximum atomic E-state index is 15.1. The van der Waals surface area contributed by atoms with E-state index in [1.165, 1.54) is 0 Å². The number of aromatic nitrogens is 4. The Bertz CT molecular complexity index is 1030. The van der Waals surface area contributed by atoms with Gasteiger partial charge in [0.1, 0.15) is 5.82 Å². The molecule has 0 radical (unpaired) electrons. The third kappa shape index (κ3) is 4.38. The van der Waals surface area contributed by atoms with E-state index in [2.05, 4.69) is 25.7 Å². The average Bonchev–Trinajstić information content (AvgIpc) is 3.18. The standard InChI is InChI=1S/C20H23FN8O/c1-28-13-16(12-25-28)26-20-24-11-15(9-22)19(27-20)23-10-14-3-2-4-17(18(14)21)29-5-7-30-8-6-29/h2-4,9,11-13,22H,5-8,10H2,1H3,(H2,23,24,26,27). The van der Waals surface area contributed by atoms with Crippen molar-refractivity contribution in [1.82, 2.24) is 19.7 Å². The molecule has 0 atom stereocenters. The maximum Gasteiger partial charge on any atom is 0.229 e. The van der Waals surface area contributed by atoms with Gasteiger partial charge in [0, 0.05) is 50.9 Å². The average molecular weight is 410 g/mol. The highest BCUT2D eigenvalue weighted by atomic mass is 19.1. The molecule has 0 amide bonds. The van der Waals surface area contributed by atoms with Gasteiger partial charge in [-0.3, -0.25) is 4.68 Å². The van der Waals surface area contributed by atoms with E-state index < -0.39 is 0 Å². The molecule has 10 heteroatoms. The molecule has 0 spiro atoms. The van der Waals surface area contributed by atoms with Crippen LogP contribution in [0.15, 0.2) is 36.8 Å². The number of nitrogens with one attached hydrogen (secondary N) is 3. The zero-order valence-electron chi connectivity index (χ0n) is 16.6. The van der Waals surface area contributed by atoms with Gasteiger partial charge < -0.3 is 25.7 Å². The lowest BCUT2D eigenvalue weighted by Crippen LogP contribution is -2.36. The number of ether oxygens (including phenoxy) is 1. The SMILES string of the molecule is Cn1cc(Nc2ncc(C=N)c(NCc3cccc(N4CCOCC4)c3F)n2)cn1. The summed E-state index contributed by atoms with van der Waals surface area (Å²) in [5, 5.41) is 17.9. The Morgan fingerprint density at radius 1 is 1.27 bits per heavy atom. The lowest BCUT2D eigenvalue weighted by atomic mass is 10.1. The van der Waals surface area contributed by atoms with Crippen molar-refractivity contribution in [2.45, 2.75) is 6.54 Å². The van der Waals surface area contributed by atoms with Crippen LogP contribution in [0, 0.1) is 11.2 Å². The van der Waals surface area contributed by atoms with E-state index in [4.69, 9.17) is 10.1 Å². The van der Waals surface area contributed by atoms with Crippen molar-refractivity contribution in [1.29, 1.82) is 5.41 Å². The fraction of sp³-hybridized carbons (Fsp3) is 0.300. The van der Waals surface area contributed by atoms with Crippen molar-refractivity contribution in [3.05, 3.63) is 53.7 Å². The van der Waals surface area contributed by atoms with Gasteiger partial charge in [-0.15, -0.1) is 0 Å². The Kier molecular flexibility index (Phi) is 5.84. The number of morpholine rings is 1. The van der Waals surface area contributed by atoms with Gasteiger partial charge in [0.05, 0.1) is 36.3 Å². The van der Waals surface area contributed by atoms with Crippen LogP contribution >= 0.6 is 0 Å². The minimum absolute atomic E-state index is 0.230. The summed E-state index contributed by atoms with van der Waals surface area (Å²) in [6, 6.07) is 5.37. The summed E-state index contributed by atoms with van der Waals surface area (Å²) >= 11 is 0. The lowest BCUT2D eigenvalue weighted by Gasteiger charge is -2.29. The molecule has 2 aromatic heterocycles. The summed E-state index contributed by atoms with van der Waals surface area (Å²) in [4.78, 5) is 10.6. The molecule has 0 unspecified atom stereocenters. The first kappa shape index (κ1) is 19.8. The minimum atomic E-state index is -0.258. The third-order valence-corrected chi connectivity index (χ3v) is 4.79. The second-order valence-electron chi connectivity index (χ2n) is 6.87. The van der Waals surface area contributed by atoms with Crippen molar-refractivity contribution in [2.75, 3.05) is 41.8 Å². The molecule has 1 aliphatic rings. The van der Waals surface area contributed by atoms with Gasteiger partial charge >= 0.3 is 0 Å². The van der Waals surface area contributed by atoms with Gasteiger partial charge in [0.25, 0.3) is 0 Å². The summed E-state index contributed by atoms with van der Waals surface area (Å²) in [6.07, 6.45) is 6.17. The van der Waals surface area contributed by atoms with Crippen LogP contribution in [0.2, 0.25) is 0 Å². The van der Waals surface area contributed by atoms with E-state index in [0.717, 1.165) is 11.9 Å². The second kappa shape index (κ2) is 8.87. The number of hydrogen-bond donors (Lipinski definition) is 3. The predicted molar refractivity (Wildman–Crippen MR) is 113 cm³/mol. The van der Waals surface area contributed by atoms with E-state index in [0.29, 0.717) is 54.9 Å². The molecule has 3 heterocycles.